The van der Waals surface area contributed by atoms with Gasteiger partial charge >= 0.3 is 0 Å². The highest BCUT2D eigenvalue weighted by Crippen LogP contribution is 2.14. The first-order valence-corrected chi connectivity index (χ1v) is 6.36. The molecule has 0 aromatic heterocycles. The van der Waals surface area contributed by atoms with E-state index in [1.807, 2.05) is 0 Å². The van der Waals surface area contributed by atoms with Gasteiger partial charge in [0.2, 0.25) is 5.91 Å². The highest BCUT2D eigenvalue weighted by Gasteiger charge is 2.23. The zero-order chi connectivity index (χ0) is 11.8. The maximum Gasteiger partial charge on any atom is 0.225 e. The van der Waals surface area contributed by atoms with Crippen LogP contribution in [0, 0.1) is 5.92 Å². The smallest absolute Gasteiger partial charge is 0.225 e. The first kappa shape index (κ1) is 13.5. The summed E-state index contributed by atoms with van der Waals surface area (Å²) in [5, 5.41) is 3.03. The second kappa shape index (κ2) is 7.63. The SMILES string of the molecule is CCCCC(CN)NC(=O)C1CCCOC1. The molecular formula is C12H24N2O2. The number of ether oxygens (including phenoxy) is 1. The molecule has 1 fully saturated rings. The van der Waals surface area contributed by atoms with Crippen LogP contribution in [0.15, 0.2) is 0 Å². The molecule has 0 aromatic rings. The van der Waals surface area contributed by atoms with Gasteiger partial charge < -0.3 is 15.8 Å². The largest absolute Gasteiger partial charge is 0.381 e. The van der Waals surface area contributed by atoms with Gasteiger partial charge in [0, 0.05) is 19.2 Å². The van der Waals surface area contributed by atoms with E-state index in [4.69, 9.17) is 10.5 Å². The fraction of sp³-hybridized carbons (Fsp3) is 0.917. The number of nitrogens with one attached hydrogen (secondary N) is 1. The Morgan fingerprint density at radius 1 is 1.62 bits per heavy atom. The molecule has 16 heavy (non-hydrogen) atoms. The lowest BCUT2D eigenvalue weighted by Gasteiger charge is -2.24. The molecule has 3 N–H and O–H groups in total. The zero-order valence-electron chi connectivity index (χ0n) is 10.2. The van der Waals surface area contributed by atoms with Crippen molar-refractivity contribution in [3.8, 4) is 0 Å². The van der Waals surface area contributed by atoms with E-state index < -0.39 is 0 Å². The first-order chi connectivity index (χ1) is 7.77. The van der Waals surface area contributed by atoms with Crippen LogP contribution in [0.4, 0.5) is 0 Å². The monoisotopic (exact) mass is 228 g/mol. The molecule has 1 aliphatic heterocycles. The van der Waals surface area contributed by atoms with E-state index in [-0.39, 0.29) is 17.9 Å². The summed E-state index contributed by atoms with van der Waals surface area (Å²) in [6.45, 7) is 4.03. The van der Waals surface area contributed by atoms with Gasteiger partial charge in [-0.15, -0.1) is 0 Å². The molecule has 0 spiro atoms. The van der Waals surface area contributed by atoms with Crippen molar-refractivity contribution in [2.75, 3.05) is 19.8 Å². The highest BCUT2D eigenvalue weighted by atomic mass is 16.5. The van der Waals surface area contributed by atoms with E-state index >= 15 is 0 Å². The molecule has 4 nitrogen and oxygen atoms in total. The summed E-state index contributed by atoms with van der Waals surface area (Å²) in [5.41, 5.74) is 5.65. The normalized spacial score (nSPS) is 22.8. The van der Waals surface area contributed by atoms with Crippen molar-refractivity contribution in [3.05, 3.63) is 0 Å². The summed E-state index contributed by atoms with van der Waals surface area (Å²) in [6.07, 6.45) is 5.16. The molecule has 0 aliphatic carbocycles. The van der Waals surface area contributed by atoms with Gasteiger partial charge in [-0.25, -0.2) is 0 Å². The molecule has 1 heterocycles. The van der Waals surface area contributed by atoms with Crippen LogP contribution in [0.1, 0.15) is 39.0 Å². The summed E-state index contributed by atoms with van der Waals surface area (Å²) < 4.78 is 5.31. The summed E-state index contributed by atoms with van der Waals surface area (Å²) >= 11 is 0. The second-order valence-corrected chi connectivity index (χ2v) is 4.50. The minimum atomic E-state index is 0.0319. The lowest BCUT2D eigenvalue weighted by Crippen LogP contribution is -2.44. The molecule has 0 saturated carbocycles. The van der Waals surface area contributed by atoms with E-state index in [0.29, 0.717) is 13.2 Å². The first-order valence-electron chi connectivity index (χ1n) is 6.36. The highest BCUT2D eigenvalue weighted by molar-refractivity contribution is 5.79. The molecule has 1 aliphatic rings. The van der Waals surface area contributed by atoms with Crippen LogP contribution < -0.4 is 11.1 Å². The molecule has 1 amide bonds. The summed E-state index contributed by atoms with van der Waals surface area (Å²) in [6, 6.07) is 0.134. The summed E-state index contributed by atoms with van der Waals surface area (Å²) in [4.78, 5) is 11.9. The standard InChI is InChI=1S/C12H24N2O2/c1-2-3-6-11(8-13)14-12(15)10-5-4-7-16-9-10/h10-11H,2-9,13H2,1H3,(H,14,15). The number of carbonyl (C=O) groups excluding carboxylic acids is 1. The molecule has 0 bridgehead atoms. The van der Waals surface area contributed by atoms with Crippen molar-refractivity contribution in [3.63, 3.8) is 0 Å². The topological polar surface area (TPSA) is 64.3 Å². The zero-order valence-corrected chi connectivity index (χ0v) is 10.2. The van der Waals surface area contributed by atoms with Crippen LogP contribution in [0.5, 0.6) is 0 Å². The third-order valence-corrected chi connectivity index (χ3v) is 3.07. The van der Waals surface area contributed by atoms with Gasteiger partial charge in [0.05, 0.1) is 12.5 Å². The van der Waals surface area contributed by atoms with Gasteiger partial charge in [0.15, 0.2) is 0 Å². The van der Waals surface area contributed by atoms with Crippen molar-refractivity contribution in [2.45, 2.75) is 45.1 Å². The van der Waals surface area contributed by atoms with Crippen molar-refractivity contribution in [1.82, 2.24) is 5.32 Å². The third-order valence-electron chi connectivity index (χ3n) is 3.07. The Labute approximate surface area is 97.9 Å². The lowest BCUT2D eigenvalue weighted by atomic mass is 10.0. The predicted octanol–water partition coefficient (Wildman–Crippen LogP) is 1.05. The van der Waals surface area contributed by atoms with Crippen LogP contribution >= 0.6 is 0 Å². The van der Waals surface area contributed by atoms with Gasteiger partial charge in [0.25, 0.3) is 0 Å². The molecule has 2 atom stereocenters. The lowest BCUT2D eigenvalue weighted by molar-refractivity contribution is -0.129. The molecule has 1 saturated heterocycles. The van der Waals surface area contributed by atoms with Crippen molar-refractivity contribution < 1.29 is 9.53 Å². The van der Waals surface area contributed by atoms with Crippen molar-refractivity contribution >= 4 is 5.91 Å². The molecule has 2 unspecified atom stereocenters. The summed E-state index contributed by atoms with van der Waals surface area (Å²) in [7, 11) is 0. The van der Waals surface area contributed by atoms with Gasteiger partial charge in [-0.3, -0.25) is 4.79 Å². The number of amides is 1. The number of hydrogen-bond acceptors (Lipinski definition) is 3. The molecule has 0 radical (unpaired) electrons. The van der Waals surface area contributed by atoms with Crippen LogP contribution in [0.3, 0.4) is 0 Å². The number of carbonyl (C=O) groups is 1. The van der Waals surface area contributed by atoms with Crippen LogP contribution in [0.2, 0.25) is 0 Å². The molecule has 94 valence electrons. The molecule has 1 rings (SSSR count). The van der Waals surface area contributed by atoms with E-state index in [1.165, 1.54) is 0 Å². The van der Waals surface area contributed by atoms with E-state index in [9.17, 15) is 4.79 Å². The Balaban J connectivity index is 2.29. The Morgan fingerprint density at radius 2 is 2.44 bits per heavy atom. The summed E-state index contributed by atoms with van der Waals surface area (Å²) in [5.74, 6) is 0.149. The Bertz CT molecular complexity index is 203. The maximum absolute atomic E-state index is 11.9. The average molecular weight is 228 g/mol. The number of unbranched alkanes of at least 4 members (excludes halogenated alkanes) is 1. The number of rotatable bonds is 6. The maximum atomic E-state index is 11.9. The van der Waals surface area contributed by atoms with Gasteiger partial charge in [-0.05, 0) is 19.3 Å². The minimum absolute atomic E-state index is 0.0319. The van der Waals surface area contributed by atoms with Crippen molar-refractivity contribution in [1.29, 1.82) is 0 Å². The predicted molar refractivity (Wildman–Crippen MR) is 64.1 cm³/mol. The van der Waals surface area contributed by atoms with Crippen LogP contribution in [-0.4, -0.2) is 31.7 Å². The van der Waals surface area contributed by atoms with Gasteiger partial charge in [-0.1, -0.05) is 19.8 Å². The second-order valence-electron chi connectivity index (χ2n) is 4.50. The number of hydrogen-bond donors (Lipinski definition) is 2. The fourth-order valence-corrected chi connectivity index (χ4v) is 1.97. The molecular weight excluding hydrogens is 204 g/mol. The van der Waals surface area contributed by atoms with Crippen LogP contribution in [0.25, 0.3) is 0 Å². The van der Waals surface area contributed by atoms with E-state index in [1.54, 1.807) is 0 Å². The number of nitrogens with two attached hydrogens (primary N) is 1. The van der Waals surface area contributed by atoms with Gasteiger partial charge in [0.1, 0.15) is 0 Å². The molecule has 4 heteroatoms. The fourth-order valence-electron chi connectivity index (χ4n) is 1.97. The molecule has 0 aromatic carbocycles. The van der Waals surface area contributed by atoms with E-state index in [0.717, 1.165) is 38.7 Å². The third kappa shape index (κ3) is 4.49. The Kier molecular flexibility index (Phi) is 6.42. The Hall–Kier alpha value is -0.610. The van der Waals surface area contributed by atoms with E-state index in [2.05, 4.69) is 12.2 Å². The van der Waals surface area contributed by atoms with Crippen molar-refractivity contribution in [2.24, 2.45) is 11.7 Å². The Morgan fingerprint density at radius 3 is 3.00 bits per heavy atom. The quantitative estimate of drug-likeness (QED) is 0.714. The minimum Gasteiger partial charge on any atom is -0.381 e. The average Bonchev–Trinajstić information content (AvgIpc) is 2.35. The van der Waals surface area contributed by atoms with Gasteiger partial charge in [-0.2, -0.15) is 0 Å². The van der Waals surface area contributed by atoms with Crippen LogP contribution in [-0.2, 0) is 9.53 Å².